The van der Waals surface area contributed by atoms with E-state index in [4.69, 9.17) is 4.42 Å². The number of pyridine rings is 1. The minimum Gasteiger partial charge on any atom is -0.441 e. The molecule has 0 unspecified atom stereocenters. The molecule has 24 heavy (non-hydrogen) atoms. The smallest absolute Gasteiger partial charge is 0.226 e. The Morgan fingerprint density at radius 3 is 2.71 bits per heavy atom. The number of thioether (sulfide) groups is 1. The molecule has 0 radical (unpaired) electrons. The molecule has 4 rings (SSSR count). The maximum atomic E-state index is 5.82. The summed E-state index contributed by atoms with van der Waals surface area (Å²) in [5.74, 6) is 2.20. The molecule has 0 saturated carbocycles. The number of nitrogens with zero attached hydrogens (tertiary/aromatic N) is 3. The maximum absolute atomic E-state index is 5.82. The molecule has 0 aliphatic rings. The molecule has 0 atom stereocenters. The van der Waals surface area contributed by atoms with Crippen LogP contribution < -0.4 is 0 Å². The number of hydrogen-bond acceptors (Lipinski definition) is 5. The van der Waals surface area contributed by atoms with Crippen molar-refractivity contribution in [3.8, 4) is 11.5 Å². The van der Waals surface area contributed by atoms with Gasteiger partial charge in [0.2, 0.25) is 5.89 Å². The van der Waals surface area contributed by atoms with Crippen molar-refractivity contribution >= 4 is 22.9 Å². The van der Waals surface area contributed by atoms with Gasteiger partial charge >= 0.3 is 0 Å². The summed E-state index contributed by atoms with van der Waals surface area (Å²) < 4.78 is 5.82. The van der Waals surface area contributed by atoms with Gasteiger partial charge in [0.25, 0.3) is 0 Å². The summed E-state index contributed by atoms with van der Waals surface area (Å²) in [7, 11) is 0. The highest BCUT2D eigenvalue weighted by Gasteiger charge is 2.13. The fourth-order valence-electron chi connectivity index (χ4n) is 2.41. The van der Waals surface area contributed by atoms with Crippen LogP contribution in [-0.2, 0) is 5.75 Å². The predicted molar refractivity (Wildman–Crippen MR) is 94.9 cm³/mol. The van der Waals surface area contributed by atoms with Crippen molar-refractivity contribution in [3.63, 3.8) is 0 Å². The molecule has 120 valence electrons. The number of imidazole rings is 1. The van der Waals surface area contributed by atoms with Crippen molar-refractivity contribution in [3.05, 3.63) is 59.6 Å². The molecular formula is C18H16N4OS. The molecule has 0 spiro atoms. The first kappa shape index (κ1) is 15.0. The maximum Gasteiger partial charge on any atom is 0.226 e. The molecule has 1 N–H and O–H groups in total. The van der Waals surface area contributed by atoms with Gasteiger partial charge in [-0.1, -0.05) is 29.5 Å². The number of aryl methyl sites for hydroxylation is 2. The van der Waals surface area contributed by atoms with Crippen molar-refractivity contribution in [1.82, 2.24) is 19.9 Å². The van der Waals surface area contributed by atoms with Crippen LogP contribution in [0.4, 0.5) is 0 Å². The van der Waals surface area contributed by atoms with E-state index in [0.717, 1.165) is 33.3 Å². The van der Waals surface area contributed by atoms with E-state index >= 15 is 0 Å². The number of hydrogen-bond donors (Lipinski definition) is 1. The lowest BCUT2D eigenvalue weighted by atomic mass is 10.1. The second-order valence-corrected chi connectivity index (χ2v) is 6.56. The second-order valence-electron chi connectivity index (χ2n) is 5.59. The number of benzene rings is 1. The average molecular weight is 336 g/mol. The minimum absolute atomic E-state index is 0.661. The molecule has 1 aromatic carbocycles. The van der Waals surface area contributed by atoms with Gasteiger partial charge in [-0.3, -0.25) is 0 Å². The molecule has 6 heteroatoms. The lowest BCUT2D eigenvalue weighted by Gasteiger charge is -1.95. The molecule has 4 aromatic rings. The third-order valence-corrected chi connectivity index (χ3v) is 4.66. The molecule has 0 aliphatic carbocycles. The minimum atomic E-state index is 0.661. The first-order valence-electron chi connectivity index (χ1n) is 7.66. The zero-order chi connectivity index (χ0) is 16.5. The van der Waals surface area contributed by atoms with E-state index < -0.39 is 0 Å². The highest BCUT2D eigenvalue weighted by Crippen LogP contribution is 2.27. The molecular weight excluding hydrogens is 320 g/mol. The lowest BCUT2D eigenvalue weighted by molar-refractivity contribution is 0.540. The van der Waals surface area contributed by atoms with Crippen molar-refractivity contribution in [2.45, 2.75) is 24.8 Å². The number of aromatic amines is 1. The number of oxazole rings is 1. The topological polar surface area (TPSA) is 67.6 Å². The van der Waals surface area contributed by atoms with E-state index in [9.17, 15) is 0 Å². The van der Waals surface area contributed by atoms with Gasteiger partial charge in [0, 0.05) is 17.5 Å². The van der Waals surface area contributed by atoms with Crippen LogP contribution in [0, 0.1) is 13.8 Å². The average Bonchev–Trinajstić information content (AvgIpc) is 3.16. The van der Waals surface area contributed by atoms with Crippen LogP contribution >= 0.6 is 11.8 Å². The van der Waals surface area contributed by atoms with Crippen LogP contribution in [0.5, 0.6) is 0 Å². The highest BCUT2D eigenvalue weighted by molar-refractivity contribution is 7.98. The molecule has 0 bridgehead atoms. The van der Waals surface area contributed by atoms with Gasteiger partial charge in [0.15, 0.2) is 10.8 Å². The standard InChI is InChI=1S/C18H16N4OS/c1-11-5-7-13(8-6-11)17-20-15(12(2)23-17)10-24-18-21-14-4-3-9-19-16(14)22-18/h3-9H,10H2,1-2H3,(H,19,21,22). The third kappa shape index (κ3) is 2.92. The predicted octanol–water partition coefficient (Wildman–Crippen LogP) is 4.52. The van der Waals surface area contributed by atoms with Gasteiger partial charge in [0.1, 0.15) is 5.76 Å². The van der Waals surface area contributed by atoms with Crippen molar-refractivity contribution < 1.29 is 4.42 Å². The number of aromatic nitrogens is 4. The van der Waals surface area contributed by atoms with Crippen molar-refractivity contribution in [2.75, 3.05) is 0 Å². The Labute approximate surface area is 143 Å². The Bertz CT molecular complexity index is 955. The Morgan fingerprint density at radius 1 is 1.08 bits per heavy atom. The van der Waals surface area contributed by atoms with E-state index in [0.29, 0.717) is 11.6 Å². The van der Waals surface area contributed by atoms with Crippen LogP contribution in [0.1, 0.15) is 17.0 Å². The summed E-state index contributed by atoms with van der Waals surface area (Å²) in [6.45, 7) is 4.01. The largest absolute Gasteiger partial charge is 0.441 e. The SMILES string of the molecule is Cc1ccc(-c2nc(CSc3nc4ncccc4[nH]3)c(C)o2)cc1. The van der Waals surface area contributed by atoms with Gasteiger partial charge in [-0.05, 0) is 38.1 Å². The summed E-state index contributed by atoms with van der Waals surface area (Å²) in [4.78, 5) is 16.6. The fraction of sp³-hybridized carbons (Fsp3) is 0.167. The zero-order valence-electron chi connectivity index (χ0n) is 13.4. The number of rotatable bonds is 4. The van der Waals surface area contributed by atoms with E-state index in [1.54, 1.807) is 18.0 Å². The molecule has 0 aliphatic heterocycles. The normalized spacial score (nSPS) is 11.2. The van der Waals surface area contributed by atoms with Gasteiger partial charge in [0.05, 0.1) is 11.2 Å². The van der Waals surface area contributed by atoms with Crippen LogP contribution in [0.2, 0.25) is 0 Å². The van der Waals surface area contributed by atoms with Crippen LogP contribution in [0.25, 0.3) is 22.6 Å². The fourth-order valence-corrected chi connectivity index (χ4v) is 3.28. The number of fused-ring (bicyclic) bond motifs is 1. The van der Waals surface area contributed by atoms with Gasteiger partial charge in [-0.25, -0.2) is 15.0 Å². The quantitative estimate of drug-likeness (QED) is 0.555. The van der Waals surface area contributed by atoms with Crippen LogP contribution in [-0.4, -0.2) is 19.9 Å². The van der Waals surface area contributed by atoms with Crippen molar-refractivity contribution in [2.24, 2.45) is 0 Å². The van der Waals surface area contributed by atoms with E-state index in [1.165, 1.54) is 5.56 Å². The zero-order valence-corrected chi connectivity index (χ0v) is 14.2. The Kier molecular flexibility index (Phi) is 3.82. The Balaban J connectivity index is 1.53. The van der Waals surface area contributed by atoms with E-state index in [-0.39, 0.29) is 0 Å². The Morgan fingerprint density at radius 2 is 1.92 bits per heavy atom. The Hall–Kier alpha value is -2.60. The summed E-state index contributed by atoms with van der Waals surface area (Å²) >= 11 is 1.60. The monoisotopic (exact) mass is 336 g/mol. The summed E-state index contributed by atoms with van der Waals surface area (Å²) in [6, 6.07) is 12.0. The van der Waals surface area contributed by atoms with Gasteiger partial charge in [-0.2, -0.15) is 0 Å². The first-order valence-corrected chi connectivity index (χ1v) is 8.64. The summed E-state index contributed by atoms with van der Waals surface area (Å²) in [5, 5.41) is 0.836. The molecule has 5 nitrogen and oxygen atoms in total. The lowest BCUT2D eigenvalue weighted by Crippen LogP contribution is -1.85. The molecule has 0 saturated heterocycles. The molecule has 0 fully saturated rings. The number of nitrogens with one attached hydrogen (secondary N) is 1. The first-order chi connectivity index (χ1) is 11.7. The van der Waals surface area contributed by atoms with Crippen LogP contribution in [0.3, 0.4) is 0 Å². The third-order valence-electron chi connectivity index (χ3n) is 3.77. The van der Waals surface area contributed by atoms with Gasteiger partial charge in [-0.15, -0.1) is 0 Å². The molecule has 0 amide bonds. The highest BCUT2D eigenvalue weighted by atomic mass is 32.2. The summed E-state index contributed by atoms with van der Waals surface area (Å²) in [6.07, 6.45) is 1.74. The van der Waals surface area contributed by atoms with E-state index in [1.807, 2.05) is 31.2 Å². The van der Waals surface area contributed by atoms with Crippen molar-refractivity contribution in [1.29, 1.82) is 0 Å². The van der Waals surface area contributed by atoms with Crippen LogP contribution in [0.15, 0.2) is 52.2 Å². The molecule has 3 heterocycles. The van der Waals surface area contributed by atoms with Gasteiger partial charge < -0.3 is 9.40 Å². The number of H-pyrrole nitrogens is 1. The summed E-state index contributed by atoms with van der Waals surface area (Å²) in [5.41, 5.74) is 4.82. The van der Waals surface area contributed by atoms with E-state index in [2.05, 4.69) is 39.0 Å². The molecule has 3 aromatic heterocycles. The second kappa shape index (κ2) is 6.13.